The summed E-state index contributed by atoms with van der Waals surface area (Å²) in [7, 11) is -3.68. The molecule has 2 saturated heterocycles. The zero-order chi connectivity index (χ0) is 23.4. The molecule has 0 radical (unpaired) electrons. The van der Waals surface area contributed by atoms with Gasteiger partial charge in [-0.05, 0) is 55.3 Å². The Kier molecular flexibility index (Phi) is 7.06. The highest BCUT2D eigenvalue weighted by Gasteiger charge is 2.30. The first-order chi connectivity index (χ1) is 15.8. The van der Waals surface area contributed by atoms with Crippen molar-refractivity contribution in [3.8, 4) is 0 Å². The van der Waals surface area contributed by atoms with Crippen molar-refractivity contribution in [3.63, 3.8) is 0 Å². The summed E-state index contributed by atoms with van der Waals surface area (Å²) in [4.78, 5) is 27.3. The Hall–Kier alpha value is -2.82. The molecule has 2 aromatic rings. The number of nitrogens with one attached hydrogen (secondary N) is 1. The van der Waals surface area contributed by atoms with E-state index in [-0.39, 0.29) is 23.3 Å². The summed E-state index contributed by atoms with van der Waals surface area (Å²) >= 11 is 0. The van der Waals surface area contributed by atoms with Crippen LogP contribution < -0.4 is 5.32 Å². The van der Waals surface area contributed by atoms with E-state index in [1.165, 1.54) is 40.7 Å². The first kappa shape index (κ1) is 23.3. The Morgan fingerprint density at radius 1 is 1.03 bits per heavy atom. The van der Waals surface area contributed by atoms with Gasteiger partial charge in [0.25, 0.3) is 5.91 Å². The van der Waals surface area contributed by atoms with Crippen LogP contribution in [0.25, 0.3) is 0 Å². The molecule has 10 heteroatoms. The standard InChI is InChI=1S/C23H26FN3O5S/c24-19-8-6-17(7-9-19)23(29)26-10-2-3-18(16-26)22(28)25-20-4-1-5-21(15-20)33(30,31)27-11-13-32-14-12-27/h1,4-9,15,18H,2-3,10-14,16H2,(H,25,28)/t18-/m0/s1. The van der Waals surface area contributed by atoms with Crippen LogP contribution in [0.15, 0.2) is 53.4 Å². The molecule has 2 amide bonds. The van der Waals surface area contributed by atoms with E-state index in [0.717, 1.165) is 0 Å². The van der Waals surface area contributed by atoms with Crippen molar-refractivity contribution >= 4 is 27.5 Å². The van der Waals surface area contributed by atoms with Crippen LogP contribution in [0.3, 0.4) is 0 Å². The second kappa shape index (κ2) is 9.98. The van der Waals surface area contributed by atoms with Gasteiger partial charge in [-0.3, -0.25) is 9.59 Å². The number of ether oxygens (including phenoxy) is 1. The van der Waals surface area contributed by atoms with Crippen LogP contribution in [0.5, 0.6) is 0 Å². The smallest absolute Gasteiger partial charge is 0.253 e. The topological polar surface area (TPSA) is 96.0 Å². The number of nitrogens with zero attached hydrogens (tertiary/aromatic N) is 2. The van der Waals surface area contributed by atoms with Crippen LogP contribution in [0.2, 0.25) is 0 Å². The Morgan fingerprint density at radius 2 is 1.76 bits per heavy atom. The number of halogens is 1. The molecule has 33 heavy (non-hydrogen) atoms. The van der Waals surface area contributed by atoms with Gasteiger partial charge in [-0.2, -0.15) is 4.31 Å². The minimum absolute atomic E-state index is 0.110. The number of piperidine rings is 1. The summed E-state index contributed by atoms with van der Waals surface area (Å²) in [5.74, 6) is -1.36. The van der Waals surface area contributed by atoms with Crippen molar-refractivity contribution in [2.45, 2.75) is 17.7 Å². The lowest BCUT2D eigenvalue weighted by Gasteiger charge is -2.32. The summed E-state index contributed by atoms with van der Waals surface area (Å²) in [6.07, 6.45) is 1.28. The van der Waals surface area contributed by atoms with Crippen molar-refractivity contribution in [1.29, 1.82) is 0 Å². The molecule has 0 bridgehead atoms. The Labute approximate surface area is 192 Å². The highest BCUT2D eigenvalue weighted by Crippen LogP contribution is 2.23. The highest BCUT2D eigenvalue weighted by atomic mass is 32.2. The van der Waals surface area contributed by atoms with Crippen LogP contribution in [0.4, 0.5) is 10.1 Å². The lowest BCUT2D eigenvalue weighted by atomic mass is 9.96. The molecule has 2 aliphatic heterocycles. The van der Waals surface area contributed by atoms with Gasteiger partial charge in [0.2, 0.25) is 15.9 Å². The van der Waals surface area contributed by atoms with E-state index in [2.05, 4.69) is 5.32 Å². The molecule has 1 N–H and O–H groups in total. The maximum absolute atomic E-state index is 13.2. The zero-order valence-corrected chi connectivity index (χ0v) is 18.9. The lowest BCUT2D eigenvalue weighted by Crippen LogP contribution is -2.43. The SMILES string of the molecule is O=C(Nc1cccc(S(=O)(=O)N2CCOCC2)c1)[C@H]1CCCN(C(=O)c2ccc(F)cc2)C1. The van der Waals surface area contributed by atoms with E-state index in [1.807, 2.05) is 0 Å². The number of hydrogen-bond acceptors (Lipinski definition) is 5. The van der Waals surface area contributed by atoms with Gasteiger partial charge < -0.3 is 15.0 Å². The summed E-state index contributed by atoms with van der Waals surface area (Å²) in [6, 6.07) is 11.5. The normalized spacial score (nSPS) is 19.8. The van der Waals surface area contributed by atoms with E-state index >= 15 is 0 Å². The predicted octanol–water partition coefficient (Wildman–Crippen LogP) is 2.34. The lowest BCUT2D eigenvalue weighted by molar-refractivity contribution is -0.121. The quantitative estimate of drug-likeness (QED) is 0.716. The number of carbonyl (C=O) groups is 2. The molecular weight excluding hydrogens is 449 g/mol. The Morgan fingerprint density at radius 3 is 2.48 bits per heavy atom. The van der Waals surface area contributed by atoms with Crippen molar-refractivity contribution < 1.29 is 27.1 Å². The van der Waals surface area contributed by atoms with Crippen LogP contribution in [0, 0.1) is 11.7 Å². The number of rotatable bonds is 5. The Bertz CT molecular complexity index is 1120. The summed E-state index contributed by atoms with van der Waals surface area (Å²) < 4.78 is 45.5. The van der Waals surface area contributed by atoms with Crippen LogP contribution in [-0.2, 0) is 19.6 Å². The number of carbonyl (C=O) groups excluding carboxylic acids is 2. The molecule has 2 aromatic carbocycles. The molecule has 0 spiro atoms. The number of amides is 2. The van der Waals surface area contributed by atoms with Gasteiger partial charge in [-0.15, -0.1) is 0 Å². The number of hydrogen-bond donors (Lipinski definition) is 1. The fourth-order valence-corrected chi connectivity index (χ4v) is 5.52. The van der Waals surface area contributed by atoms with E-state index in [1.54, 1.807) is 17.0 Å². The molecule has 4 rings (SSSR count). The van der Waals surface area contributed by atoms with E-state index in [4.69, 9.17) is 4.74 Å². The minimum atomic E-state index is -3.68. The van der Waals surface area contributed by atoms with Gasteiger partial charge in [0.15, 0.2) is 0 Å². The summed E-state index contributed by atoms with van der Waals surface area (Å²) in [6.45, 7) is 2.05. The van der Waals surface area contributed by atoms with Crippen molar-refractivity contribution in [2.75, 3.05) is 44.7 Å². The van der Waals surface area contributed by atoms with Crippen molar-refractivity contribution in [1.82, 2.24) is 9.21 Å². The molecule has 0 saturated carbocycles. The number of sulfonamides is 1. The molecule has 2 heterocycles. The van der Waals surface area contributed by atoms with Crippen LogP contribution in [-0.4, -0.2) is 68.8 Å². The van der Waals surface area contributed by atoms with Gasteiger partial charge in [0.1, 0.15) is 5.82 Å². The third-order valence-electron chi connectivity index (χ3n) is 5.88. The van der Waals surface area contributed by atoms with Crippen LogP contribution in [0.1, 0.15) is 23.2 Å². The molecular formula is C23H26FN3O5S. The molecule has 0 aliphatic carbocycles. The van der Waals surface area contributed by atoms with E-state index in [0.29, 0.717) is 56.9 Å². The van der Waals surface area contributed by atoms with Gasteiger partial charge in [0, 0.05) is 37.4 Å². The maximum Gasteiger partial charge on any atom is 0.253 e. The molecule has 2 fully saturated rings. The number of morpholine rings is 1. The summed E-state index contributed by atoms with van der Waals surface area (Å²) in [5, 5.41) is 2.80. The molecule has 2 aliphatic rings. The second-order valence-electron chi connectivity index (χ2n) is 8.13. The number of likely N-dealkylation sites (tertiary alicyclic amines) is 1. The maximum atomic E-state index is 13.2. The average Bonchev–Trinajstić information content (AvgIpc) is 2.85. The third kappa shape index (κ3) is 5.40. The number of anilines is 1. The van der Waals surface area contributed by atoms with E-state index < -0.39 is 21.8 Å². The minimum Gasteiger partial charge on any atom is -0.379 e. The Balaban J connectivity index is 1.42. The first-order valence-corrected chi connectivity index (χ1v) is 12.3. The third-order valence-corrected chi connectivity index (χ3v) is 7.77. The highest BCUT2D eigenvalue weighted by molar-refractivity contribution is 7.89. The fourth-order valence-electron chi connectivity index (χ4n) is 4.07. The summed E-state index contributed by atoms with van der Waals surface area (Å²) in [5.41, 5.74) is 0.759. The number of benzene rings is 2. The van der Waals surface area contributed by atoms with Gasteiger partial charge in [-0.25, -0.2) is 12.8 Å². The average molecular weight is 476 g/mol. The van der Waals surface area contributed by atoms with Gasteiger partial charge in [0.05, 0.1) is 24.0 Å². The molecule has 1 atom stereocenters. The van der Waals surface area contributed by atoms with Crippen molar-refractivity contribution in [2.24, 2.45) is 5.92 Å². The van der Waals surface area contributed by atoms with E-state index in [9.17, 15) is 22.4 Å². The molecule has 176 valence electrons. The first-order valence-electron chi connectivity index (χ1n) is 10.9. The van der Waals surface area contributed by atoms with Gasteiger partial charge >= 0.3 is 0 Å². The predicted molar refractivity (Wildman–Crippen MR) is 120 cm³/mol. The largest absolute Gasteiger partial charge is 0.379 e. The van der Waals surface area contributed by atoms with Gasteiger partial charge in [-0.1, -0.05) is 6.07 Å². The molecule has 0 unspecified atom stereocenters. The molecule has 0 aromatic heterocycles. The zero-order valence-electron chi connectivity index (χ0n) is 18.1. The molecule has 8 nitrogen and oxygen atoms in total. The second-order valence-corrected chi connectivity index (χ2v) is 10.1. The van der Waals surface area contributed by atoms with Crippen LogP contribution >= 0.6 is 0 Å². The monoisotopic (exact) mass is 475 g/mol. The fraction of sp³-hybridized carbons (Fsp3) is 0.391. The van der Waals surface area contributed by atoms with Crippen molar-refractivity contribution in [3.05, 3.63) is 59.9 Å².